The summed E-state index contributed by atoms with van der Waals surface area (Å²) in [5.41, 5.74) is 0. The second-order valence-electron chi connectivity index (χ2n) is 3.90. The van der Waals surface area contributed by atoms with Gasteiger partial charge in [-0.1, -0.05) is 48.5 Å². The van der Waals surface area contributed by atoms with Gasteiger partial charge in [0.15, 0.2) is 0 Å². The third-order valence-corrected chi connectivity index (χ3v) is 3.53. The highest BCUT2D eigenvalue weighted by molar-refractivity contribution is 9.09. The van der Waals surface area contributed by atoms with Crippen LogP contribution in [0.5, 0.6) is 0 Å². The average Bonchev–Trinajstić information content (AvgIpc) is 2.16. The molecular weight excluding hydrogens is 226 g/mol. The van der Waals surface area contributed by atoms with E-state index in [1.807, 2.05) is 0 Å². The zero-order valence-electron chi connectivity index (χ0n) is 9.35. The van der Waals surface area contributed by atoms with Crippen molar-refractivity contribution in [3.8, 4) is 0 Å². The summed E-state index contributed by atoms with van der Waals surface area (Å²) in [7, 11) is 2.21. The summed E-state index contributed by atoms with van der Waals surface area (Å²) >= 11 is 3.51. The summed E-state index contributed by atoms with van der Waals surface area (Å²) in [6, 6.07) is 0.672. The molecule has 1 nitrogen and oxygen atoms in total. The zero-order valence-corrected chi connectivity index (χ0v) is 10.9. The normalized spacial score (nSPS) is 13.6. The minimum Gasteiger partial charge on any atom is -0.303 e. The summed E-state index contributed by atoms with van der Waals surface area (Å²) in [6.45, 7) is 5.77. The Morgan fingerprint density at radius 1 is 1.15 bits per heavy atom. The zero-order chi connectivity index (χ0) is 10.1. The predicted octanol–water partition coefficient (Wildman–Crippen LogP) is 3.67. The van der Waals surface area contributed by atoms with E-state index in [9.17, 15) is 0 Å². The molecule has 0 saturated carbocycles. The van der Waals surface area contributed by atoms with Gasteiger partial charge in [0.05, 0.1) is 0 Å². The van der Waals surface area contributed by atoms with E-state index < -0.39 is 0 Å². The Morgan fingerprint density at radius 3 is 2.31 bits per heavy atom. The summed E-state index contributed by atoms with van der Waals surface area (Å²) in [5, 5.41) is 1.08. The summed E-state index contributed by atoms with van der Waals surface area (Å²) in [5.74, 6) is 0. The molecule has 0 heterocycles. The molecule has 0 amide bonds. The molecule has 0 aliphatic rings. The second kappa shape index (κ2) is 9.01. The molecule has 1 atom stereocenters. The van der Waals surface area contributed by atoms with Crippen LogP contribution in [0.25, 0.3) is 0 Å². The molecule has 0 spiro atoms. The Bertz CT molecular complexity index is 106. The Kier molecular flexibility index (Phi) is 9.32. The van der Waals surface area contributed by atoms with Crippen LogP contribution < -0.4 is 0 Å². The fourth-order valence-corrected chi connectivity index (χ4v) is 1.80. The summed E-state index contributed by atoms with van der Waals surface area (Å²) in [4.78, 5) is 2.43. The van der Waals surface area contributed by atoms with Crippen molar-refractivity contribution >= 4 is 15.9 Å². The smallest absolute Gasteiger partial charge is 0.0185 e. The molecular formula is C11H24BrN. The van der Waals surface area contributed by atoms with Gasteiger partial charge in [-0.3, -0.25) is 0 Å². The van der Waals surface area contributed by atoms with Crippen LogP contribution in [0.1, 0.15) is 46.0 Å². The number of hydrogen-bond acceptors (Lipinski definition) is 1. The van der Waals surface area contributed by atoms with Crippen LogP contribution >= 0.6 is 15.9 Å². The fourth-order valence-electron chi connectivity index (χ4n) is 1.30. The van der Waals surface area contributed by atoms with E-state index >= 15 is 0 Å². The largest absolute Gasteiger partial charge is 0.303 e. The maximum absolute atomic E-state index is 3.51. The summed E-state index contributed by atoms with van der Waals surface area (Å²) < 4.78 is 0. The number of nitrogens with zero attached hydrogens (tertiary/aromatic N) is 1. The molecule has 0 radical (unpaired) electrons. The number of alkyl halides is 1. The van der Waals surface area contributed by atoms with Crippen molar-refractivity contribution in [2.45, 2.75) is 52.0 Å². The molecule has 13 heavy (non-hydrogen) atoms. The lowest BCUT2D eigenvalue weighted by atomic mass is 10.1. The van der Waals surface area contributed by atoms with Gasteiger partial charge in [-0.15, -0.1) is 0 Å². The van der Waals surface area contributed by atoms with Crippen LogP contribution in [0.2, 0.25) is 0 Å². The Hall–Kier alpha value is 0.440. The lowest BCUT2D eigenvalue weighted by molar-refractivity contribution is 0.272. The van der Waals surface area contributed by atoms with Crippen LogP contribution in [0.4, 0.5) is 0 Å². The van der Waals surface area contributed by atoms with Crippen molar-refractivity contribution < 1.29 is 0 Å². The van der Waals surface area contributed by atoms with Crippen LogP contribution in [-0.4, -0.2) is 29.9 Å². The highest BCUT2D eigenvalue weighted by Crippen LogP contribution is 2.05. The topological polar surface area (TPSA) is 3.24 Å². The number of halogens is 1. The highest BCUT2D eigenvalue weighted by atomic mass is 79.9. The standard InChI is InChI=1S/C11H24BrN/c1-4-5-6-7-8-9-13(3)11(2)10-12/h11H,4-10H2,1-3H3. The first-order valence-electron chi connectivity index (χ1n) is 5.48. The molecule has 0 aromatic heterocycles. The third kappa shape index (κ3) is 7.51. The molecule has 0 aliphatic heterocycles. The second-order valence-corrected chi connectivity index (χ2v) is 4.55. The first kappa shape index (κ1) is 13.4. The van der Waals surface area contributed by atoms with Crippen molar-refractivity contribution in [2.75, 3.05) is 18.9 Å². The first-order valence-corrected chi connectivity index (χ1v) is 6.60. The minimum absolute atomic E-state index is 0.672. The first-order chi connectivity index (χ1) is 6.22. The van der Waals surface area contributed by atoms with Crippen molar-refractivity contribution in [2.24, 2.45) is 0 Å². The number of rotatable bonds is 8. The third-order valence-electron chi connectivity index (χ3n) is 2.59. The molecule has 1 unspecified atom stereocenters. The van der Waals surface area contributed by atoms with E-state index in [2.05, 4.69) is 41.7 Å². The van der Waals surface area contributed by atoms with Crippen molar-refractivity contribution in [1.82, 2.24) is 4.90 Å². The monoisotopic (exact) mass is 249 g/mol. The summed E-state index contributed by atoms with van der Waals surface area (Å²) in [6.07, 6.45) is 6.90. The van der Waals surface area contributed by atoms with E-state index in [0.29, 0.717) is 6.04 Å². The SMILES string of the molecule is CCCCCCCN(C)C(C)CBr. The lowest BCUT2D eigenvalue weighted by Gasteiger charge is -2.22. The molecule has 0 rings (SSSR count). The molecule has 0 fully saturated rings. The van der Waals surface area contributed by atoms with E-state index in [-0.39, 0.29) is 0 Å². The van der Waals surface area contributed by atoms with Gasteiger partial charge >= 0.3 is 0 Å². The Labute approximate surface area is 92.0 Å². The van der Waals surface area contributed by atoms with Crippen LogP contribution in [-0.2, 0) is 0 Å². The van der Waals surface area contributed by atoms with Crippen LogP contribution in [0.3, 0.4) is 0 Å². The van der Waals surface area contributed by atoms with Gasteiger partial charge in [-0.2, -0.15) is 0 Å². The van der Waals surface area contributed by atoms with Gasteiger partial charge in [0.25, 0.3) is 0 Å². The van der Waals surface area contributed by atoms with Gasteiger partial charge in [0.2, 0.25) is 0 Å². The van der Waals surface area contributed by atoms with Crippen molar-refractivity contribution in [3.63, 3.8) is 0 Å². The van der Waals surface area contributed by atoms with Gasteiger partial charge in [0.1, 0.15) is 0 Å². The fraction of sp³-hybridized carbons (Fsp3) is 1.00. The van der Waals surface area contributed by atoms with E-state index in [0.717, 1.165) is 5.33 Å². The molecule has 0 N–H and O–H groups in total. The number of hydrogen-bond donors (Lipinski definition) is 0. The maximum Gasteiger partial charge on any atom is 0.0185 e. The van der Waals surface area contributed by atoms with E-state index in [4.69, 9.17) is 0 Å². The molecule has 0 bridgehead atoms. The average molecular weight is 250 g/mol. The van der Waals surface area contributed by atoms with Crippen LogP contribution in [0.15, 0.2) is 0 Å². The Balaban J connectivity index is 3.21. The minimum atomic E-state index is 0.672. The van der Waals surface area contributed by atoms with Crippen molar-refractivity contribution in [3.05, 3.63) is 0 Å². The lowest BCUT2D eigenvalue weighted by Crippen LogP contribution is -2.31. The Morgan fingerprint density at radius 2 is 1.77 bits per heavy atom. The molecule has 0 aromatic carbocycles. The molecule has 80 valence electrons. The van der Waals surface area contributed by atoms with Gasteiger partial charge in [0, 0.05) is 11.4 Å². The van der Waals surface area contributed by atoms with Crippen molar-refractivity contribution in [1.29, 1.82) is 0 Å². The highest BCUT2D eigenvalue weighted by Gasteiger charge is 2.05. The molecule has 0 aromatic rings. The molecule has 0 saturated heterocycles. The van der Waals surface area contributed by atoms with Gasteiger partial charge in [-0.25, -0.2) is 0 Å². The maximum atomic E-state index is 3.51. The predicted molar refractivity (Wildman–Crippen MR) is 64.6 cm³/mol. The number of unbranched alkanes of at least 4 members (excludes halogenated alkanes) is 4. The van der Waals surface area contributed by atoms with E-state index in [1.165, 1.54) is 38.6 Å². The van der Waals surface area contributed by atoms with E-state index in [1.54, 1.807) is 0 Å². The van der Waals surface area contributed by atoms with Gasteiger partial charge < -0.3 is 4.90 Å². The molecule has 0 aliphatic carbocycles. The quantitative estimate of drug-likeness (QED) is 0.469. The molecule has 2 heteroatoms. The van der Waals surface area contributed by atoms with Crippen LogP contribution in [0, 0.1) is 0 Å². The van der Waals surface area contributed by atoms with Gasteiger partial charge in [-0.05, 0) is 26.9 Å².